The number of hydrogen-bond acceptors (Lipinski definition) is 4. The van der Waals surface area contributed by atoms with Crippen molar-refractivity contribution in [3.63, 3.8) is 0 Å². The topological polar surface area (TPSA) is 67.7 Å². The lowest BCUT2D eigenvalue weighted by Crippen LogP contribution is -2.49. The highest BCUT2D eigenvalue weighted by atomic mass is 16.5. The molecule has 1 fully saturated rings. The molecule has 2 aromatic heterocycles. The number of rotatable bonds is 5. The molecule has 0 radical (unpaired) electrons. The van der Waals surface area contributed by atoms with Crippen molar-refractivity contribution < 1.29 is 14.3 Å². The van der Waals surface area contributed by atoms with Crippen LogP contribution in [0.3, 0.4) is 0 Å². The number of pyridine rings is 1. The second-order valence-electron chi connectivity index (χ2n) is 8.61. The van der Waals surface area contributed by atoms with Crippen LogP contribution in [0.15, 0.2) is 42.7 Å². The second-order valence-corrected chi connectivity index (χ2v) is 8.61. The Morgan fingerprint density at radius 3 is 2.78 bits per heavy atom. The van der Waals surface area contributed by atoms with E-state index < -0.39 is 0 Å². The van der Waals surface area contributed by atoms with Crippen LogP contribution in [-0.4, -0.2) is 64.0 Å². The second kappa shape index (κ2) is 9.12. The Morgan fingerprint density at radius 2 is 2.06 bits per heavy atom. The largest absolute Gasteiger partial charge is 0.377 e. The van der Waals surface area contributed by atoms with Gasteiger partial charge in [-0.2, -0.15) is 0 Å². The van der Waals surface area contributed by atoms with Crippen molar-refractivity contribution in [1.82, 2.24) is 19.4 Å². The van der Waals surface area contributed by atoms with Gasteiger partial charge in [-0.05, 0) is 48.7 Å². The first-order valence-electron chi connectivity index (χ1n) is 10.9. The van der Waals surface area contributed by atoms with E-state index in [1.54, 1.807) is 25.1 Å². The van der Waals surface area contributed by atoms with Crippen molar-refractivity contribution >= 4 is 22.7 Å². The third-order valence-corrected chi connectivity index (χ3v) is 6.20. The predicted molar refractivity (Wildman–Crippen MR) is 123 cm³/mol. The van der Waals surface area contributed by atoms with Gasteiger partial charge in [0.2, 0.25) is 5.91 Å². The van der Waals surface area contributed by atoms with Crippen molar-refractivity contribution in [3.05, 3.63) is 65.1 Å². The summed E-state index contributed by atoms with van der Waals surface area (Å²) in [5.74, 6) is 0.0345. The molecule has 0 N–H and O–H groups in total. The number of aromatic nitrogens is 2. The molecule has 3 aromatic rings. The van der Waals surface area contributed by atoms with E-state index >= 15 is 0 Å². The molecule has 7 heteroatoms. The minimum absolute atomic E-state index is 0.00481. The molecule has 4 rings (SSSR count). The number of amides is 2. The van der Waals surface area contributed by atoms with Crippen LogP contribution in [0.25, 0.3) is 10.9 Å². The zero-order chi connectivity index (χ0) is 22.8. The van der Waals surface area contributed by atoms with Crippen LogP contribution < -0.4 is 0 Å². The number of aryl methyl sites for hydroxylation is 2. The third-order valence-electron chi connectivity index (χ3n) is 6.20. The van der Waals surface area contributed by atoms with Gasteiger partial charge in [-0.25, -0.2) is 0 Å². The summed E-state index contributed by atoms with van der Waals surface area (Å²) in [5.41, 5.74) is 4.88. The predicted octanol–water partition coefficient (Wildman–Crippen LogP) is 2.94. The number of nitrogens with zero attached hydrogens (tertiary/aromatic N) is 4. The average Bonchev–Trinajstić information content (AvgIpc) is 3.08. The minimum Gasteiger partial charge on any atom is -0.377 e. The number of carbonyl (C=O) groups is 2. The molecule has 0 spiro atoms. The quantitative estimate of drug-likeness (QED) is 0.619. The molecule has 32 heavy (non-hydrogen) atoms. The fourth-order valence-electron chi connectivity index (χ4n) is 4.27. The molecule has 168 valence electrons. The van der Waals surface area contributed by atoms with Crippen LogP contribution in [-0.2, 0) is 29.5 Å². The summed E-state index contributed by atoms with van der Waals surface area (Å²) >= 11 is 0. The van der Waals surface area contributed by atoms with E-state index in [4.69, 9.17) is 4.74 Å². The summed E-state index contributed by atoms with van der Waals surface area (Å²) in [6.45, 7) is 5.67. The molecule has 1 atom stereocenters. The molecule has 0 unspecified atom stereocenters. The minimum atomic E-state index is -0.0493. The Labute approximate surface area is 188 Å². The summed E-state index contributed by atoms with van der Waals surface area (Å²) in [6, 6.07) is 9.98. The molecule has 7 nitrogen and oxygen atoms in total. The average molecular weight is 435 g/mol. The van der Waals surface area contributed by atoms with Crippen LogP contribution in [0.4, 0.5) is 0 Å². The van der Waals surface area contributed by atoms with Gasteiger partial charge in [-0.1, -0.05) is 6.07 Å². The highest BCUT2D eigenvalue weighted by Crippen LogP contribution is 2.26. The molecule has 1 aliphatic heterocycles. The number of morpholine rings is 1. The molecular weight excluding hydrogens is 404 g/mol. The standard InChI is InChI=1S/C25H30N4O3/c1-17-5-7-20(13-26-17)25(31)29-9-10-32-16-22(29)12-21-15-28(4)24-8-6-19(11-23(21)24)14-27(3)18(2)30/h5-8,11,13,15,22H,9-10,12,14,16H2,1-4H3/t22-/m0/s1. The van der Waals surface area contributed by atoms with Gasteiger partial charge in [0.05, 0.1) is 24.8 Å². The normalized spacial score (nSPS) is 16.4. The molecule has 1 saturated heterocycles. The zero-order valence-corrected chi connectivity index (χ0v) is 19.2. The Balaban J connectivity index is 1.60. The van der Waals surface area contributed by atoms with Gasteiger partial charge < -0.3 is 19.1 Å². The Hall–Kier alpha value is -3.19. The number of fused-ring (bicyclic) bond motifs is 1. The van der Waals surface area contributed by atoms with Gasteiger partial charge in [0, 0.05) is 63.1 Å². The number of ether oxygens (including phenoxy) is 1. The van der Waals surface area contributed by atoms with E-state index in [1.807, 2.05) is 31.0 Å². The first-order valence-corrected chi connectivity index (χ1v) is 10.9. The third kappa shape index (κ3) is 4.53. The van der Waals surface area contributed by atoms with E-state index in [1.165, 1.54) is 5.56 Å². The first-order chi connectivity index (χ1) is 15.3. The Morgan fingerprint density at radius 1 is 1.25 bits per heavy atom. The summed E-state index contributed by atoms with van der Waals surface area (Å²) in [4.78, 5) is 32.8. The first kappa shape index (κ1) is 22.0. The van der Waals surface area contributed by atoms with E-state index in [9.17, 15) is 9.59 Å². The van der Waals surface area contributed by atoms with Crippen LogP contribution in [0.1, 0.15) is 34.1 Å². The van der Waals surface area contributed by atoms with E-state index in [0.717, 1.165) is 22.2 Å². The fraction of sp³-hybridized carbons (Fsp3) is 0.400. The lowest BCUT2D eigenvalue weighted by Gasteiger charge is -2.35. The van der Waals surface area contributed by atoms with Gasteiger partial charge in [0.1, 0.15) is 0 Å². The lowest BCUT2D eigenvalue weighted by molar-refractivity contribution is -0.128. The summed E-state index contributed by atoms with van der Waals surface area (Å²) < 4.78 is 7.86. The molecular formula is C25H30N4O3. The van der Waals surface area contributed by atoms with Crippen LogP contribution in [0, 0.1) is 6.92 Å². The summed E-state index contributed by atoms with van der Waals surface area (Å²) in [6.07, 6.45) is 4.49. The number of hydrogen-bond donors (Lipinski definition) is 0. The van der Waals surface area contributed by atoms with Crippen molar-refractivity contribution in [2.24, 2.45) is 7.05 Å². The molecule has 3 heterocycles. The maximum absolute atomic E-state index is 13.2. The Kier molecular flexibility index (Phi) is 6.28. The molecule has 1 aromatic carbocycles. The monoisotopic (exact) mass is 434 g/mol. The van der Waals surface area contributed by atoms with Gasteiger partial charge >= 0.3 is 0 Å². The molecule has 1 aliphatic rings. The van der Waals surface area contributed by atoms with Crippen molar-refractivity contribution in [2.75, 3.05) is 26.8 Å². The number of benzene rings is 1. The smallest absolute Gasteiger partial charge is 0.255 e. The maximum Gasteiger partial charge on any atom is 0.255 e. The van der Waals surface area contributed by atoms with Gasteiger partial charge in [0.25, 0.3) is 5.91 Å². The van der Waals surface area contributed by atoms with Gasteiger partial charge in [0.15, 0.2) is 0 Å². The van der Waals surface area contributed by atoms with E-state index in [2.05, 4.69) is 33.9 Å². The van der Waals surface area contributed by atoms with Gasteiger partial charge in [-0.3, -0.25) is 14.6 Å². The zero-order valence-electron chi connectivity index (χ0n) is 19.2. The van der Waals surface area contributed by atoms with E-state index in [0.29, 0.717) is 38.3 Å². The lowest BCUT2D eigenvalue weighted by atomic mass is 10.0. The van der Waals surface area contributed by atoms with Crippen LogP contribution in [0.2, 0.25) is 0 Å². The molecule has 0 bridgehead atoms. The van der Waals surface area contributed by atoms with Crippen molar-refractivity contribution in [2.45, 2.75) is 32.9 Å². The van der Waals surface area contributed by atoms with Gasteiger partial charge in [-0.15, -0.1) is 0 Å². The van der Waals surface area contributed by atoms with Crippen LogP contribution in [0.5, 0.6) is 0 Å². The molecule has 0 aliphatic carbocycles. The fourth-order valence-corrected chi connectivity index (χ4v) is 4.27. The maximum atomic E-state index is 13.2. The Bertz CT molecular complexity index is 1140. The highest BCUT2D eigenvalue weighted by molar-refractivity contribution is 5.94. The van der Waals surface area contributed by atoms with Crippen molar-refractivity contribution in [3.8, 4) is 0 Å². The summed E-state index contributed by atoms with van der Waals surface area (Å²) in [5, 5.41) is 1.15. The summed E-state index contributed by atoms with van der Waals surface area (Å²) in [7, 11) is 3.84. The number of carbonyl (C=O) groups excluding carboxylic acids is 2. The molecule has 2 amide bonds. The van der Waals surface area contributed by atoms with Crippen LogP contribution >= 0.6 is 0 Å². The van der Waals surface area contributed by atoms with E-state index in [-0.39, 0.29) is 17.9 Å². The molecule has 0 saturated carbocycles. The van der Waals surface area contributed by atoms with Crippen molar-refractivity contribution in [1.29, 1.82) is 0 Å². The highest BCUT2D eigenvalue weighted by Gasteiger charge is 2.29. The SMILES string of the molecule is CC(=O)N(C)Cc1ccc2c(c1)c(C[C@H]1COCCN1C(=O)c1ccc(C)nc1)cn2C.